The van der Waals surface area contributed by atoms with Gasteiger partial charge >= 0.3 is 0 Å². The number of hydrogen-bond acceptors (Lipinski definition) is 37. The predicted molar refractivity (Wildman–Crippen MR) is 243 cm³/mol. The highest BCUT2D eigenvalue weighted by Gasteiger charge is 2.57. The molecule has 81 heavy (non-hydrogen) atoms. The van der Waals surface area contributed by atoms with Crippen molar-refractivity contribution in [2.45, 2.75) is 215 Å². The molecule has 37 nitrogen and oxygen atoms in total. The second-order valence-electron chi connectivity index (χ2n) is 20.3. The predicted octanol–water partition coefficient (Wildman–Crippen LogP) is -16.3. The highest BCUT2D eigenvalue weighted by Crippen LogP contribution is 2.37. The van der Waals surface area contributed by atoms with Gasteiger partial charge in [0.2, 0.25) is 0 Å². The molecule has 0 spiro atoms. The summed E-state index contributed by atoms with van der Waals surface area (Å²) in [5.74, 6) is 0. The lowest BCUT2D eigenvalue weighted by Crippen LogP contribution is -2.67. The van der Waals surface area contributed by atoms with Gasteiger partial charge in [0.1, 0.15) is 171 Å². The number of aliphatic hydroxyl groups is 23. The summed E-state index contributed by atoms with van der Waals surface area (Å²) in [5, 5.41) is 243. The molecule has 7 rings (SSSR count). The topological polar surface area (TPSA) is 595 Å². The summed E-state index contributed by atoms with van der Waals surface area (Å²) >= 11 is 0. The van der Waals surface area contributed by atoms with Gasteiger partial charge in [0, 0.05) is 0 Å². The van der Waals surface area contributed by atoms with E-state index in [2.05, 4.69) is 0 Å². The van der Waals surface area contributed by atoms with Crippen LogP contribution in [0.5, 0.6) is 0 Å². The van der Waals surface area contributed by atoms with E-state index in [0.29, 0.717) is 0 Å². The van der Waals surface area contributed by atoms with E-state index >= 15 is 0 Å². The van der Waals surface area contributed by atoms with E-state index in [9.17, 15) is 117 Å². The Hall–Kier alpha value is -1.48. The van der Waals surface area contributed by atoms with Gasteiger partial charge in [-0.15, -0.1) is 0 Å². The molecular weight excluding hydrogens is 1120 g/mol. The quantitative estimate of drug-likeness (QED) is 0.0427. The molecule has 35 atom stereocenters. The molecule has 0 radical (unpaired) electrons. The third-order valence-corrected chi connectivity index (χ3v) is 14.8. The number of aliphatic hydroxyl groups excluding tert-OH is 23. The zero-order valence-electron chi connectivity index (χ0n) is 42.6. The zero-order chi connectivity index (χ0) is 59.5. The van der Waals surface area contributed by atoms with Crippen molar-refractivity contribution in [3.63, 3.8) is 0 Å². The van der Waals surface area contributed by atoms with Gasteiger partial charge in [-0.2, -0.15) is 0 Å². The van der Waals surface area contributed by atoms with Crippen molar-refractivity contribution in [3.05, 3.63) is 0 Å². The molecule has 7 aliphatic rings. The van der Waals surface area contributed by atoms with Gasteiger partial charge in [0.15, 0.2) is 44.0 Å². The van der Waals surface area contributed by atoms with Crippen molar-refractivity contribution in [1.29, 1.82) is 0 Å². The summed E-state index contributed by atoms with van der Waals surface area (Å²) < 4.78 is 79.6. The van der Waals surface area contributed by atoms with Crippen LogP contribution in [0.3, 0.4) is 0 Å². The molecule has 0 bridgehead atoms. The van der Waals surface area contributed by atoms with Crippen LogP contribution in [-0.2, 0) is 66.3 Å². The van der Waals surface area contributed by atoms with E-state index in [1.54, 1.807) is 0 Å². The minimum absolute atomic E-state index is 0.571. The third-order valence-electron chi connectivity index (χ3n) is 14.8. The Morgan fingerprint density at radius 2 is 0.704 bits per heavy atom. The van der Waals surface area contributed by atoms with E-state index in [0.717, 1.165) is 0 Å². The molecule has 7 saturated heterocycles. The third kappa shape index (κ3) is 14.8. The Labute approximate surface area is 457 Å². The standard InChI is InChI=1S/C44H76O37/c45-1-10(50)20(55)33(11(51)2-46)77-41-30(65)25(60)36(18(75-41)9-71-44-37(21(56)13(53)7-69-44)81-43-32(67)34(16(5-49)74-43)78-39-28(63)23(58)15(4-48)73-39)80-42-31(66)26(61)35(79-40-29(64)24(59)22(57)14(3-47)72-40)17(76-42)8-70-38-27(62)19(54)12(52)6-68-38/h10-67H,1-9H2. The second-order valence-corrected chi connectivity index (χ2v) is 20.3. The summed E-state index contributed by atoms with van der Waals surface area (Å²) in [7, 11) is 0. The molecule has 0 amide bonds. The maximum Gasteiger partial charge on any atom is 0.187 e. The first-order valence-corrected chi connectivity index (χ1v) is 25.7. The van der Waals surface area contributed by atoms with Gasteiger partial charge in [-0.25, -0.2) is 0 Å². The van der Waals surface area contributed by atoms with Gasteiger partial charge in [0.05, 0.1) is 59.5 Å². The molecule has 474 valence electrons. The van der Waals surface area contributed by atoms with Crippen LogP contribution in [0, 0.1) is 0 Å². The average molecular weight is 1200 g/mol. The Bertz CT molecular complexity index is 1870. The number of rotatable bonds is 24. The fourth-order valence-corrected chi connectivity index (χ4v) is 9.89. The van der Waals surface area contributed by atoms with Gasteiger partial charge in [-0.1, -0.05) is 0 Å². The normalized spacial score (nSPS) is 49.6. The fourth-order valence-electron chi connectivity index (χ4n) is 9.89. The highest BCUT2D eigenvalue weighted by atomic mass is 16.8. The summed E-state index contributed by atoms with van der Waals surface area (Å²) in [6, 6.07) is 0. The molecular formula is C44H76O37. The smallest absolute Gasteiger partial charge is 0.187 e. The molecule has 35 unspecified atom stereocenters. The first-order valence-electron chi connectivity index (χ1n) is 25.7. The van der Waals surface area contributed by atoms with Crippen molar-refractivity contribution in [2.75, 3.05) is 59.5 Å². The van der Waals surface area contributed by atoms with Gasteiger partial charge in [0.25, 0.3) is 0 Å². The minimum atomic E-state index is -2.37. The molecule has 0 aromatic heterocycles. The van der Waals surface area contributed by atoms with Crippen molar-refractivity contribution in [2.24, 2.45) is 0 Å². The Morgan fingerprint density at radius 3 is 1.22 bits per heavy atom. The molecule has 7 heterocycles. The number of hydrogen-bond donors (Lipinski definition) is 23. The van der Waals surface area contributed by atoms with Crippen LogP contribution in [0.4, 0.5) is 0 Å². The first kappa shape index (κ1) is 67.0. The van der Waals surface area contributed by atoms with Crippen LogP contribution >= 0.6 is 0 Å². The van der Waals surface area contributed by atoms with Gasteiger partial charge < -0.3 is 184 Å². The van der Waals surface area contributed by atoms with Gasteiger partial charge in [-0.3, -0.25) is 0 Å². The Kier molecular flexibility index (Phi) is 24.4. The maximum atomic E-state index is 11.8. The van der Waals surface area contributed by atoms with E-state index in [1.165, 1.54) is 0 Å². The van der Waals surface area contributed by atoms with Crippen molar-refractivity contribution < 1.29 is 184 Å². The lowest BCUT2D eigenvalue weighted by atomic mass is 9.95. The summed E-state index contributed by atoms with van der Waals surface area (Å²) in [5.41, 5.74) is 0. The van der Waals surface area contributed by atoms with E-state index < -0.39 is 274 Å². The zero-order valence-corrected chi connectivity index (χ0v) is 42.6. The van der Waals surface area contributed by atoms with E-state index in [4.69, 9.17) is 66.3 Å². The van der Waals surface area contributed by atoms with Gasteiger partial charge in [-0.05, 0) is 0 Å². The lowest BCUT2D eigenvalue weighted by Gasteiger charge is -2.49. The first-order chi connectivity index (χ1) is 38.4. The van der Waals surface area contributed by atoms with Crippen LogP contribution in [-0.4, -0.2) is 392 Å². The van der Waals surface area contributed by atoms with Crippen molar-refractivity contribution >= 4 is 0 Å². The molecule has 0 saturated carbocycles. The lowest BCUT2D eigenvalue weighted by molar-refractivity contribution is -0.389. The molecule has 23 N–H and O–H groups in total. The van der Waals surface area contributed by atoms with Crippen molar-refractivity contribution in [3.8, 4) is 0 Å². The summed E-state index contributed by atoms with van der Waals surface area (Å²) in [6.07, 6.45) is -67.7. The molecule has 37 heteroatoms. The van der Waals surface area contributed by atoms with Crippen LogP contribution < -0.4 is 0 Å². The van der Waals surface area contributed by atoms with E-state index in [1.807, 2.05) is 0 Å². The van der Waals surface area contributed by atoms with Crippen LogP contribution in [0.25, 0.3) is 0 Å². The Balaban J connectivity index is 1.15. The van der Waals surface area contributed by atoms with Crippen LogP contribution in [0.1, 0.15) is 0 Å². The van der Waals surface area contributed by atoms with Crippen LogP contribution in [0.2, 0.25) is 0 Å². The summed E-state index contributed by atoms with van der Waals surface area (Å²) in [4.78, 5) is 0. The number of ether oxygens (including phenoxy) is 14. The minimum Gasteiger partial charge on any atom is -0.394 e. The Morgan fingerprint density at radius 1 is 0.333 bits per heavy atom. The molecule has 7 fully saturated rings. The molecule has 0 aliphatic carbocycles. The highest BCUT2D eigenvalue weighted by molar-refractivity contribution is 4.99. The largest absolute Gasteiger partial charge is 0.394 e. The molecule has 0 aromatic carbocycles. The average Bonchev–Trinajstić information content (AvgIpc) is 3.95. The van der Waals surface area contributed by atoms with Crippen LogP contribution in [0.15, 0.2) is 0 Å². The molecule has 0 aromatic rings. The van der Waals surface area contributed by atoms with Crippen molar-refractivity contribution in [1.82, 2.24) is 0 Å². The van der Waals surface area contributed by atoms with E-state index in [-0.39, 0.29) is 0 Å². The molecule has 7 aliphatic heterocycles. The SMILES string of the molecule is OCC(O)C(O)C(OC1OC(COC2OCC(O)C(O)C2OC2OC(CO)C(OC3OC(CO)C(O)C3O)C2O)C(OC2OC(COC3OCC(O)C(O)C3O)C(OC3OC(CO)C(O)C(O)C3O)C(O)C2O)C(O)C1O)C(O)CO. The monoisotopic (exact) mass is 1200 g/mol. The summed E-state index contributed by atoms with van der Waals surface area (Å²) in [6.45, 7) is -8.05. The fraction of sp³-hybridized carbons (Fsp3) is 1.00. The second kappa shape index (κ2) is 29.5. The maximum absolute atomic E-state index is 11.8.